The van der Waals surface area contributed by atoms with E-state index in [4.69, 9.17) is 14.2 Å². The van der Waals surface area contributed by atoms with Crippen LogP contribution in [0.25, 0.3) is 0 Å². The maximum absolute atomic E-state index is 12.9. The van der Waals surface area contributed by atoms with Gasteiger partial charge in [0.15, 0.2) is 6.10 Å². The number of hydrogen-bond donors (Lipinski definition) is 0. The van der Waals surface area contributed by atoms with Crippen LogP contribution in [-0.4, -0.2) is 37.2 Å². The van der Waals surface area contributed by atoms with Gasteiger partial charge in [-0.1, -0.05) is 253 Å². The van der Waals surface area contributed by atoms with Gasteiger partial charge in [0.05, 0.1) is 0 Å². The largest absolute Gasteiger partial charge is 0.462 e. The molecule has 0 aliphatic carbocycles. The Morgan fingerprint density at radius 3 is 0.932 bits per heavy atom. The van der Waals surface area contributed by atoms with E-state index in [1.807, 2.05) is 0 Å². The van der Waals surface area contributed by atoms with Crippen LogP contribution in [0.2, 0.25) is 0 Å². The summed E-state index contributed by atoms with van der Waals surface area (Å²) in [4.78, 5) is 38.3. The van der Waals surface area contributed by atoms with Crippen LogP contribution < -0.4 is 0 Å². The van der Waals surface area contributed by atoms with Crippen LogP contribution in [0.15, 0.2) is 97.2 Å². The summed E-state index contributed by atoms with van der Waals surface area (Å²) in [5.41, 5.74) is 0. The Bertz CT molecular complexity index is 1440. The van der Waals surface area contributed by atoms with Crippen molar-refractivity contribution in [1.29, 1.82) is 0 Å². The molecule has 0 aromatic carbocycles. The van der Waals surface area contributed by atoms with Crippen molar-refractivity contribution >= 4 is 17.9 Å². The van der Waals surface area contributed by atoms with Gasteiger partial charge in [-0.3, -0.25) is 14.4 Å². The SMILES string of the molecule is CC/C=C\C/C=C\C/C=C\C/C=C\C/C=C\CCCC(=O)OC[C@H](COC(=O)CCCCCCCCC/C=C\C/C=C\CCCCC)OC(=O)CCCCCCCCCCCCC/C=C\CCCCCCCC. The first kappa shape index (κ1) is 69.3. The molecule has 73 heavy (non-hydrogen) atoms. The Hall–Kier alpha value is -3.67. The summed E-state index contributed by atoms with van der Waals surface area (Å²) >= 11 is 0. The van der Waals surface area contributed by atoms with E-state index in [0.29, 0.717) is 19.3 Å². The minimum Gasteiger partial charge on any atom is -0.462 e. The van der Waals surface area contributed by atoms with Gasteiger partial charge in [-0.05, 0) is 116 Å². The van der Waals surface area contributed by atoms with Crippen molar-refractivity contribution in [2.24, 2.45) is 0 Å². The predicted molar refractivity (Wildman–Crippen MR) is 316 cm³/mol. The van der Waals surface area contributed by atoms with Crippen LogP contribution in [0.4, 0.5) is 0 Å². The molecular formula is C67H114O6. The third-order valence-corrected chi connectivity index (χ3v) is 13.0. The third-order valence-electron chi connectivity index (χ3n) is 13.0. The van der Waals surface area contributed by atoms with Gasteiger partial charge >= 0.3 is 17.9 Å². The molecule has 418 valence electrons. The number of carbonyl (C=O) groups excluding carboxylic acids is 3. The number of rotatable bonds is 55. The Morgan fingerprint density at radius 2 is 0.548 bits per heavy atom. The molecule has 6 heteroatoms. The van der Waals surface area contributed by atoms with Gasteiger partial charge in [0, 0.05) is 19.3 Å². The van der Waals surface area contributed by atoms with Crippen LogP contribution in [-0.2, 0) is 28.6 Å². The highest BCUT2D eigenvalue weighted by Crippen LogP contribution is 2.15. The lowest BCUT2D eigenvalue weighted by atomic mass is 10.0. The fraction of sp³-hybridized carbons (Fsp3) is 0.716. The molecule has 0 aliphatic heterocycles. The summed E-state index contributed by atoms with van der Waals surface area (Å²) in [5.74, 6) is -0.960. The normalized spacial score (nSPS) is 12.8. The molecule has 0 aromatic heterocycles. The van der Waals surface area contributed by atoms with Crippen molar-refractivity contribution in [3.63, 3.8) is 0 Å². The minimum atomic E-state index is -0.806. The van der Waals surface area contributed by atoms with Crippen molar-refractivity contribution in [2.45, 2.75) is 297 Å². The second kappa shape index (κ2) is 60.9. The zero-order valence-electron chi connectivity index (χ0n) is 47.9. The van der Waals surface area contributed by atoms with Gasteiger partial charge in [0.1, 0.15) is 13.2 Å². The standard InChI is InChI=1S/C67H114O6/c1-4-7-10-13-16-19-22-25-28-31-32-33-34-37-40-43-46-49-52-55-58-61-67(70)73-64(62-71-65(68)59-56-53-50-47-44-41-38-35-29-26-23-20-17-14-11-8-5-2)63-72-66(69)60-57-54-51-48-45-42-39-36-30-27-24-21-18-15-12-9-6-3/h8,11,17-18,20-21,25-30,38,41,47,50,64H,4-7,9-10,12-16,19,22-24,31-37,39-40,42-46,48-49,51-63H2,1-3H3/b11-8-,20-17-,21-18-,28-25-,29-26-,30-27-,41-38-,50-47-/t64-/m1/s1. The van der Waals surface area contributed by atoms with E-state index in [-0.39, 0.29) is 37.5 Å². The molecule has 0 saturated carbocycles. The first-order valence-electron chi connectivity index (χ1n) is 30.7. The Morgan fingerprint density at radius 1 is 0.288 bits per heavy atom. The number of unbranched alkanes of at least 4 members (excludes halogenated alkanes) is 28. The topological polar surface area (TPSA) is 78.9 Å². The molecule has 0 heterocycles. The zero-order chi connectivity index (χ0) is 52.9. The lowest BCUT2D eigenvalue weighted by Crippen LogP contribution is -2.30. The molecule has 0 unspecified atom stereocenters. The molecule has 0 rings (SSSR count). The lowest BCUT2D eigenvalue weighted by Gasteiger charge is -2.18. The van der Waals surface area contributed by atoms with E-state index in [1.165, 1.54) is 154 Å². The Balaban J connectivity index is 4.45. The molecule has 0 bridgehead atoms. The number of allylic oxidation sites excluding steroid dienone is 16. The lowest BCUT2D eigenvalue weighted by molar-refractivity contribution is -0.167. The fourth-order valence-electron chi connectivity index (χ4n) is 8.44. The van der Waals surface area contributed by atoms with E-state index in [9.17, 15) is 14.4 Å². The van der Waals surface area contributed by atoms with E-state index in [1.54, 1.807) is 0 Å². The molecular weight excluding hydrogens is 901 g/mol. The van der Waals surface area contributed by atoms with Crippen molar-refractivity contribution < 1.29 is 28.6 Å². The smallest absolute Gasteiger partial charge is 0.306 e. The summed E-state index contributed by atoms with van der Waals surface area (Å²) in [5, 5.41) is 0. The van der Waals surface area contributed by atoms with Crippen LogP contribution in [0.1, 0.15) is 290 Å². The van der Waals surface area contributed by atoms with Crippen molar-refractivity contribution in [3.05, 3.63) is 97.2 Å². The maximum atomic E-state index is 12.9. The molecule has 0 aliphatic rings. The average Bonchev–Trinajstić information content (AvgIpc) is 3.39. The van der Waals surface area contributed by atoms with Crippen molar-refractivity contribution in [2.75, 3.05) is 13.2 Å². The van der Waals surface area contributed by atoms with E-state index >= 15 is 0 Å². The molecule has 0 spiro atoms. The first-order valence-corrected chi connectivity index (χ1v) is 30.7. The summed E-state index contributed by atoms with van der Waals surface area (Å²) in [7, 11) is 0. The number of hydrogen-bond acceptors (Lipinski definition) is 6. The van der Waals surface area contributed by atoms with Crippen LogP contribution in [0.5, 0.6) is 0 Å². The van der Waals surface area contributed by atoms with E-state index in [2.05, 4.69) is 118 Å². The number of esters is 3. The van der Waals surface area contributed by atoms with E-state index < -0.39 is 6.10 Å². The highest BCUT2D eigenvalue weighted by molar-refractivity contribution is 5.71. The summed E-state index contributed by atoms with van der Waals surface area (Å²) in [6.45, 7) is 6.46. The molecule has 0 aromatic rings. The van der Waals surface area contributed by atoms with Gasteiger partial charge in [-0.2, -0.15) is 0 Å². The van der Waals surface area contributed by atoms with Crippen LogP contribution in [0.3, 0.4) is 0 Å². The Labute approximate surface area is 451 Å². The maximum Gasteiger partial charge on any atom is 0.306 e. The highest BCUT2D eigenvalue weighted by atomic mass is 16.6. The van der Waals surface area contributed by atoms with E-state index in [0.717, 1.165) is 89.9 Å². The second-order valence-electron chi connectivity index (χ2n) is 20.2. The van der Waals surface area contributed by atoms with Gasteiger partial charge in [0.25, 0.3) is 0 Å². The number of carbonyl (C=O) groups is 3. The Kier molecular flexibility index (Phi) is 57.8. The minimum absolute atomic E-state index is 0.0993. The summed E-state index contributed by atoms with van der Waals surface area (Å²) in [6.07, 6.45) is 81.2. The van der Waals surface area contributed by atoms with Crippen LogP contribution in [0, 0.1) is 0 Å². The summed E-state index contributed by atoms with van der Waals surface area (Å²) in [6, 6.07) is 0. The molecule has 0 radical (unpaired) electrons. The number of ether oxygens (including phenoxy) is 3. The molecule has 6 nitrogen and oxygen atoms in total. The van der Waals surface area contributed by atoms with Crippen molar-refractivity contribution in [3.8, 4) is 0 Å². The van der Waals surface area contributed by atoms with Gasteiger partial charge in [0.2, 0.25) is 0 Å². The van der Waals surface area contributed by atoms with Gasteiger partial charge in [-0.25, -0.2) is 0 Å². The first-order chi connectivity index (χ1) is 36.0. The average molecular weight is 1020 g/mol. The van der Waals surface area contributed by atoms with Crippen LogP contribution >= 0.6 is 0 Å². The highest BCUT2D eigenvalue weighted by Gasteiger charge is 2.19. The van der Waals surface area contributed by atoms with Gasteiger partial charge in [-0.15, -0.1) is 0 Å². The van der Waals surface area contributed by atoms with Gasteiger partial charge < -0.3 is 14.2 Å². The molecule has 1 atom stereocenters. The fourth-order valence-corrected chi connectivity index (χ4v) is 8.44. The second-order valence-corrected chi connectivity index (χ2v) is 20.2. The predicted octanol–water partition coefficient (Wildman–Crippen LogP) is 20.9. The zero-order valence-corrected chi connectivity index (χ0v) is 47.9. The molecule has 0 fully saturated rings. The monoisotopic (exact) mass is 1010 g/mol. The summed E-state index contributed by atoms with van der Waals surface area (Å²) < 4.78 is 16.9. The molecule has 0 saturated heterocycles. The third kappa shape index (κ3) is 59.1. The molecule has 0 N–H and O–H groups in total. The quantitative estimate of drug-likeness (QED) is 0.0261. The van der Waals surface area contributed by atoms with Crippen molar-refractivity contribution in [1.82, 2.24) is 0 Å². The molecule has 0 amide bonds.